The van der Waals surface area contributed by atoms with Crippen LogP contribution in [-0.2, 0) is 11.0 Å². The molecule has 0 bridgehead atoms. The van der Waals surface area contributed by atoms with E-state index in [-0.39, 0.29) is 17.5 Å². The Bertz CT molecular complexity index is 766. The Kier molecular flexibility index (Phi) is 7.62. The maximum atomic E-state index is 13.3. The average Bonchev–Trinajstić information content (AvgIpc) is 3.28. The topological polar surface area (TPSA) is 43.9 Å². The van der Waals surface area contributed by atoms with Gasteiger partial charge in [-0.05, 0) is 44.7 Å². The predicted molar refractivity (Wildman–Crippen MR) is 113 cm³/mol. The first kappa shape index (κ1) is 23.6. The van der Waals surface area contributed by atoms with Gasteiger partial charge in [-0.25, -0.2) is 0 Å². The summed E-state index contributed by atoms with van der Waals surface area (Å²) >= 11 is 0. The van der Waals surface area contributed by atoms with Crippen LogP contribution < -0.4 is 0 Å². The number of hydrogen-bond acceptors (Lipinski definition) is 3. The summed E-state index contributed by atoms with van der Waals surface area (Å²) in [7, 11) is 0. The Morgan fingerprint density at radius 1 is 1.03 bits per heavy atom. The zero-order chi connectivity index (χ0) is 22.6. The van der Waals surface area contributed by atoms with E-state index in [1.807, 2.05) is 18.7 Å². The molecule has 0 spiro atoms. The molecule has 1 aliphatic heterocycles. The second kappa shape index (κ2) is 10.0. The fourth-order valence-corrected chi connectivity index (χ4v) is 4.94. The molecule has 2 aliphatic rings. The number of nitrogens with zero attached hydrogens (tertiary/aromatic N) is 3. The zero-order valence-corrected chi connectivity index (χ0v) is 18.3. The first-order chi connectivity index (χ1) is 14.8. The SMILES string of the molecule is CCN(CC)C(=O)[C@H](C1CCCC1)N1CCN(C(=O)c2ccccc2C(F)(F)F)CC1. The van der Waals surface area contributed by atoms with Crippen molar-refractivity contribution in [2.24, 2.45) is 5.92 Å². The third-order valence-electron chi connectivity index (χ3n) is 6.63. The van der Waals surface area contributed by atoms with Gasteiger partial charge in [-0.1, -0.05) is 25.0 Å². The molecule has 31 heavy (non-hydrogen) atoms. The number of likely N-dealkylation sites (N-methyl/N-ethyl adjacent to an activating group) is 1. The Morgan fingerprint density at radius 3 is 2.16 bits per heavy atom. The van der Waals surface area contributed by atoms with Crippen molar-refractivity contribution >= 4 is 11.8 Å². The molecular weight excluding hydrogens is 407 g/mol. The van der Waals surface area contributed by atoms with E-state index in [1.165, 1.54) is 23.1 Å². The molecule has 0 radical (unpaired) electrons. The molecule has 2 amide bonds. The lowest BCUT2D eigenvalue weighted by Gasteiger charge is -2.42. The maximum Gasteiger partial charge on any atom is 0.417 e. The van der Waals surface area contributed by atoms with Crippen LogP contribution in [0.4, 0.5) is 13.2 Å². The van der Waals surface area contributed by atoms with Crippen molar-refractivity contribution in [2.75, 3.05) is 39.3 Å². The van der Waals surface area contributed by atoms with Crippen LogP contribution in [0.3, 0.4) is 0 Å². The van der Waals surface area contributed by atoms with E-state index in [9.17, 15) is 22.8 Å². The highest BCUT2D eigenvalue weighted by Gasteiger charge is 2.40. The molecule has 1 saturated carbocycles. The Labute approximate surface area is 182 Å². The van der Waals surface area contributed by atoms with Gasteiger partial charge in [-0.2, -0.15) is 13.2 Å². The van der Waals surface area contributed by atoms with E-state index in [0.29, 0.717) is 45.2 Å². The summed E-state index contributed by atoms with van der Waals surface area (Å²) in [6.07, 6.45) is -0.276. The molecule has 0 unspecified atom stereocenters. The van der Waals surface area contributed by atoms with Crippen molar-refractivity contribution in [1.29, 1.82) is 0 Å². The van der Waals surface area contributed by atoms with E-state index in [4.69, 9.17) is 0 Å². The highest BCUT2D eigenvalue weighted by Crippen LogP contribution is 2.34. The minimum Gasteiger partial charge on any atom is -0.342 e. The van der Waals surface area contributed by atoms with Gasteiger partial charge in [0.05, 0.1) is 17.2 Å². The van der Waals surface area contributed by atoms with Gasteiger partial charge in [0, 0.05) is 39.3 Å². The van der Waals surface area contributed by atoms with Crippen molar-refractivity contribution < 1.29 is 22.8 Å². The lowest BCUT2D eigenvalue weighted by atomic mass is 9.94. The minimum atomic E-state index is -4.57. The summed E-state index contributed by atoms with van der Waals surface area (Å²) in [5, 5.41) is 0. The number of rotatable bonds is 6. The van der Waals surface area contributed by atoms with Crippen LogP contribution in [0.5, 0.6) is 0 Å². The summed E-state index contributed by atoms with van der Waals surface area (Å²) in [5.41, 5.74) is -1.21. The highest BCUT2D eigenvalue weighted by atomic mass is 19.4. The first-order valence-electron chi connectivity index (χ1n) is 11.3. The number of amides is 2. The van der Waals surface area contributed by atoms with Crippen LogP contribution in [0.25, 0.3) is 0 Å². The molecule has 1 aromatic rings. The van der Waals surface area contributed by atoms with Crippen LogP contribution in [0.15, 0.2) is 24.3 Å². The molecule has 1 atom stereocenters. The molecular formula is C23H32F3N3O2. The molecule has 0 N–H and O–H groups in total. The molecule has 3 rings (SSSR count). The van der Waals surface area contributed by atoms with Gasteiger partial charge in [0.2, 0.25) is 5.91 Å². The second-order valence-corrected chi connectivity index (χ2v) is 8.37. The Balaban J connectivity index is 1.72. The van der Waals surface area contributed by atoms with Crippen molar-refractivity contribution in [3.8, 4) is 0 Å². The largest absolute Gasteiger partial charge is 0.417 e. The number of alkyl halides is 3. The van der Waals surface area contributed by atoms with Crippen molar-refractivity contribution in [1.82, 2.24) is 14.7 Å². The summed E-state index contributed by atoms with van der Waals surface area (Å²) in [4.78, 5) is 31.6. The Hall–Kier alpha value is -2.09. The molecule has 2 fully saturated rings. The van der Waals surface area contributed by atoms with Gasteiger partial charge < -0.3 is 9.80 Å². The molecule has 5 nitrogen and oxygen atoms in total. The van der Waals surface area contributed by atoms with Gasteiger partial charge >= 0.3 is 6.18 Å². The average molecular weight is 440 g/mol. The monoisotopic (exact) mass is 439 g/mol. The summed E-state index contributed by atoms with van der Waals surface area (Å²) < 4.78 is 40.0. The summed E-state index contributed by atoms with van der Waals surface area (Å²) in [6.45, 7) is 6.89. The Morgan fingerprint density at radius 2 is 1.61 bits per heavy atom. The molecule has 1 saturated heterocycles. The van der Waals surface area contributed by atoms with E-state index < -0.39 is 17.6 Å². The predicted octanol–water partition coefficient (Wildman–Crippen LogP) is 3.89. The molecule has 1 heterocycles. The van der Waals surface area contributed by atoms with Gasteiger partial charge in [-0.3, -0.25) is 14.5 Å². The van der Waals surface area contributed by atoms with Gasteiger partial charge in [0.15, 0.2) is 0 Å². The van der Waals surface area contributed by atoms with E-state index in [1.54, 1.807) is 0 Å². The highest BCUT2D eigenvalue weighted by molar-refractivity contribution is 5.96. The third kappa shape index (κ3) is 5.22. The fourth-order valence-electron chi connectivity index (χ4n) is 4.94. The standard InChI is InChI=1S/C23H32F3N3O2/c1-3-27(4-2)22(31)20(17-9-5-6-10-17)28-13-15-29(16-14-28)21(30)18-11-7-8-12-19(18)23(24,25)26/h7-8,11-12,17,20H,3-6,9-10,13-16H2,1-2H3/t20-/m0/s1. The molecule has 0 aromatic heterocycles. The first-order valence-corrected chi connectivity index (χ1v) is 11.3. The smallest absolute Gasteiger partial charge is 0.342 e. The quantitative estimate of drug-likeness (QED) is 0.676. The lowest BCUT2D eigenvalue weighted by Crippen LogP contribution is -2.58. The zero-order valence-electron chi connectivity index (χ0n) is 18.3. The number of carbonyl (C=O) groups excluding carboxylic acids is 2. The molecule has 1 aromatic carbocycles. The third-order valence-corrected chi connectivity index (χ3v) is 6.63. The second-order valence-electron chi connectivity index (χ2n) is 8.37. The molecule has 8 heteroatoms. The summed E-state index contributed by atoms with van der Waals surface area (Å²) in [5.74, 6) is -0.152. The number of hydrogen-bond donors (Lipinski definition) is 0. The van der Waals surface area contributed by atoms with E-state index in [0.717, 1.165) is 31.7 Å². The van der Waals surface area contributed by atoms with Crippen molar-refractivity contribution in [2.45, 2.75) is 51.7 Å². The van der Waals surface area contributed by atoms with Crippen LogP contribution in [-0.4, -0.2) is 71.8 Å². The van der Waals surface area contributed by atoms with Crippen molar-refractivity contribution in [3.05, 3.63) is 35.4 Å². The van der Waals surface area contributed by atoms with Crippen LogP contribution in [0, 0.1) is 5.92 Å². The van der Waals surface area contributed by atoms with E-state index in [2.05, 4.69) is 4.90 Å². The normalized spacial score (nSPS) is 19.5. The lowest BCUT2D eigenvalue weighted by molar-refractivity contribution is -0.140. The molecule has 1 aliphatic carbocycles. The van der Waals surface area contributed by atoms with Crippen LogP contribution >= 0.6 is 0 Å². The number of carbonyl (C=O) groups is 2. The fraction of sp³-hybridized carbons (Fsp3) is 0.652. The minimum absolute atomic E-state index is 0.138. The maximum absolute atomic E-state index is 13.3. The van der Waals surface area contributed by atoms with Gasteiger partial charge in [-0.15, -0.1) is 0 Å². The van der Waals surface area contributed by atoms with Crippen LogP contribution in [0.2, 0.25) is 0 Å². The number of halogens is 3. The van der Waals surface area contributed by atoms with Gasteiger partial charge in [0.1, 0.15) is 0 Å². The number of piperazine rings is 1. The van der Waals surface area contributed by atoms with Crippen LogP contribution in [0.1, 0.15) is 55.5 Å². The van der Waals surface area contributed by atoms with Gasteiger partial charge in [0.25, 0.3) is 5.91 Å². The van der Waals surface area contributed by atoms with Crippen molar-refractivity contribution in [3.63, 3.8) is 0 Å². The molecule has 172 valence electrons. The van der Waals surface area contributed by atoms with E-state index >= 15 is 0 Å². The number of benzene rings is 1. The summed E-state index contributed by atoms with van der Waals surface area (Å²) in [6, 6.07) is 4.73.